The van der Waals surface area contributed by atoms with E-state index in [0.29, 0.717) is 12.8 Å². The van der Waals surface area contributed by atoms with Crippen molar-refractivity contribution in [3.63, 3.8) is 0 Å². The van der Waals surface area contributed by atoms with E-state index < -0.39 is 29.6 Å². The molecule has 0 spiro atoms. The van der Waals surface area contributed by atoms with Crippen molar-refractivity contribution in [2.75, 3.05) is 6.61 Å². The van der Waals surface area contributed by atoms with Crippen LogP contribution in [0.15, 0.2) is 48.5 Å². The first-order valence-electron chi connectivity index (χ1n) is 12.3. The summed E-state index contributed by atoms with van der Waals surface area (Å²) in [6.07, 6.45) is 1.45. The summed E-state index contributed by atoms with van der Waals surface area (Å²) in [6, 6.07) is 15.5. The number of amides is 2. The molecular formula is C28H34N2O5. The Morgan fingerprint density at radius 2 is 1.66 bits per heavy atom. The molecule has 0 aromatic heterocycles. The largest absolute Gasteiger partial charge is 0.481 e. The lowest BCUT2D eigenvalue weighted by atomic mass is 9.84. The average Bonchev–Trinajstić information content (AvgIpc) is 3.36. The zero-order valence-electron chi connectivity index (χ0n) is 20.5. The van der Waals surface area contributed by atoms with Crippen LogP contribution in [0, 0.1) is 11.3 Å². The van der Waals surface area contributed by atoms with Gasteiger partial charge in [0.2, 0.25) is 5.91 Å². The fraction of sp³-hybridized carbons (Fsp3) is 0.464. The van der Waals surface area contributed by atoms with E-state index in [1.807, 2.05) is 38.1 Å². The Morgan fingerprint density at radius 1 is 1.06 bits per heavy atom. The molecule has 0 bridgehead atoms. The summed E-state index contributed by atoms with van der Waals surface area (Å²) in [5.41, 5.74) is 3.64. The molecule has 2 aromatic carbocycles. The number of carbonyl (C=O) groups excluding carboxylic acids is 2. The maximum Gasteiger partial charge on any atom is 0.407 e. The number of carboxylic acids is 1. The lowest BCUT2D eigenvalue weighted by Crippen LogP contribution is -2.49. The summed E-state index contributed by atoms with van der Waals surface area (Å²) in [5, 5.41) is 15.3. The molecule has 3 atom stereocenters. The fourth-order valence-corrected chi connectivity index (χ4v) is 5.35. The van der Waals surface area contributed by atoms with Crippen molar-refractivity contribution in [3.05, 3.63) is 59.7 Å². The summed E-state index contributed by atoms with van der Waals surface area (Å²) in [6.45, 7) is 5.75. The van der Waals surface area contributed by atoms with Crippen molar-refractivity contribution in [3.8, 4) is 11.1 Å². The fourth-order valence-electron chi connectivity index (χ4n) is 5.35. The minimum absolute atomic E-state index is 0.00401. The summed E-state index contributed by atoms with van der Waals surface area (Å²) >= 11 is 0. The van der Waals surface area contributed by atoms with Gasteiger partial charge in [0.15, 0.2) is 0 Å². The number of hydrogen-bond donors (Lipinski definition) is 3. The van der Waals surface area contributed by atoms with Crippen LogP contribution in [0.2, 0.25) is 0 Å². The maximum absolute atomic E-state index is 12.8. The summed E-state index contributed by atoms with van der Waals surface area (Å²) in [4.78, 5) is 37.2. The smallest absolute Gasteiger partial charge is 0.407 e. The number of carbonyl (C=O) groups is 3. The standard InChI is InChI=1S/C28H34N2O5/c1-17(2)23(15-25(31)30-24-13-8-14-28(24,3)26(32)33)29-27(34)35-16-22-20-11-6-4-9-18(20)19-10-5-7-12-21(19)22/h4-7,9-12,17,22-24H,8,13-16H2,1-3H3,(H,29,34)(H,30,31)(H,32,33)/t23-,24?,28?/m1/s1. The number of nitrogens with one attached hydrogen (secondary N) is 2. The van der Waals surface area contributed by atoms with E-state index in [1.165, 1.54) is 0 Å². The van der Waals surface area contributed by atoms with Crippen LogP contribution in [0.25, 0.3) is 11.1 Å². The molecule has 7 nitrogen and oxygen atoms in total. The van der Waals surface area contributed by atoms with Gasteiger partial charge in [0.25, 0.3) is 0 Å². The van der Waals surface area contributed by atoms with Crippen molar-refractivity contribution in [1.29, 1.82) is 0 Å². The molecule has 2 aliphatic rings. The zero-order valence-corrected chi connectivity index (χ0v) is 20.5. The second kappa shape index (κ2) is 10.1. The average molecular weight is 479 g/mol. The van der Waals surface area contributed by atoms with E-state index in [2.05, 4.69) is 34.9 Å². The van der Waals surface area contributed by atoms with Gasteiger partial charge in [-0.05, 0) is 47.9 Å². The van der Waals surface area contributed by atoms with Crippen molar-refractivity contribution >= 4 is 18.0 Å². The van der Waals surface area contributed by atoms with Gasteiger partial charge in [-0.1, -0.05) is 68.8 Å². The Hall–Kier alpha value is -3.35. The highest BCUT2D eigenvalue weighted by Crippen LogP contribution is 2.44. The molecule has 3 N–H and O–H groups in total. The van der Waals surface area contributed by atoms with Gasteiger partial charge in [-0.15, -0.1) is 0 Å². The Balaban J connectivity index is 1.35. The van der Waals surface area contributed by atoms with Gasteiger partial charge in [0.05, 0.1) is 5.41 Å². The third-order valence-corrected chi connectivity index (χ3v) is 7.64. The van der Waals surface area contributed by atoms with E-state index >= 15 is 0 Å². The molecule has 7 heteroatoms. The van der Waals surface area contributed by atoms with Gasteiger partial charge in [0, 0.05) is 24.4 Å². The number of ether oxygens (including phenoxy) is 1. The van der Waals surface area contributed by atoms with Crippen LogP contribution < -0.4 is 10.6 Å². The maximum atomic E-state index is 12.8. The second-order valence-electron chi connectivity index (χ2n) is 10.3. The Kier molecular flexibility index (Phi) is 7.15. The first-order valence-corrected chi connectivity index (χ1v) is 12.3. The van der Waals surface area contributed by atoms with E-state index in [1.54, 1.807) is 6.92 Å². The predicted octanol–water partition coefficient (Wildman–Crippen LogP) is 4.70. The number of hydrogen-bond acceptors (Lipinski definition) is 4. The molecule has 0 aliphatic heterocycles. The van der Waals surface area contributed by atoms with Gasteiger partial charge in [0.1, 0.15) is 6.61 Å². The Morgan fingerprint density at radius 3 is 2.23 bits per heavy atom. The van der Waals surface area contributed by atoms with Crippen LogP contribution in [0.1, 0.15) is 63.5 Å². The third kappa shape index (κ3) is 5.04. The summed E-state index contributed by atoms with van der Waals surface area (Å²) in [5.74, 6) is -1.19. The second-order valence-corrected chi connectivity index (χ2v) is 10.3. The van der Waals surface area contributed by atoms with Crippen LogP contribution >= 0.6 is 0 Å². The number of alkyl carbamates (subject to hydrolysis) is 1. The van der Waals surface area contributed by atoms with Gasteiger partial charge in [-0.25, -0.2) is 4.79 Å². The normalized spacial score (nSPS) is 21.8. The molecule has 2 aliphatic carbocycles. The first kappa shape index (κ1) is 24.8. The number of fused-ring (bicyclic) bond motifs is 3. The molecule has 186 valence electrons. The van der Waals surface area contributed by atoms with Crippen molar-refractivity contribution in [2.45, 2.75) is 64.5 Å². The lowest BCUT2D eigenvalue weighted by molar-refractivity contribution is -0.149. The predicted molar refractivity (Wildman–Crippen MR) is 133 cm³/mol. The third-order valence-electron chi connectivity index (χ3n) is 7.64. The lowest BCUT2D eigenvalue weighted by Gasteiger charge is -2.29. The summed E-state index contributed by atoms with van der Waals surface area (Å²) < 4.78 is 5.64. The van der Waals surface area contributed by atoms with Gasteiger partial charge in [-0.2, -0.15) is 0 Å². The molecule has 1 saturated carbocycles. The van der Waals surface area contributed by atoms with Crippen LogP contribution in [0.4, 0.5) is 4.79 Å². The molecule has 35 heavy (non-hydrogen) atoms. The number of benzene rings is 2. The molecule has 2 unspecified atom stereocenters. The number of carboxylic acid groups (broad SMARTS) is 1. The van der Waals surface area contributed by atoms with Crippen molar-refractivity contribution in [1.82, 2.24) is 10.6 Å². The van der Waals surface area contributed by atoms with Crippen molar-refractivity contribution < 1.29 is 24.2 Å². The topological polar surface area (TPSA) is 105 Å². The van der Waals surface area contributed by atoms with Gasteiger partial charge >= 0.3 is 12.1 Å². The quantitative estimate of drug-likeness (QED) is 0.510. The van der Waals surface area contributed by atoms with E-state index in [9.17, 15) is 19.5 Å². The zero-order chi connectivity index (χ0) is 25.2. The molecule has 2 aromatic rings. The SMILES string of the molecule is CC(C)[C@@H](CC(=O)NC1CCCC1(C)C(=O)O)NC(=O)OCC1c2ccccc2-c2ccccc21. The molecule has 2 amide bonds. The molecule has 0 radical (unpaired) electrons. The highest BCUT2D eigenvalue weighted by Gasteiger charge is 2.46. The van der Waals surface area contributed by atoms with Crippen LogP contribution in [-0.4, -0.2) is 41.8 Å². The first-order chi connectivity index (χ1) is 16.7. The molecule has 0 saturated heterocycles. The highest BCUT2D eigenvalue weighted by atomic mass is 16.5. The minimum atomic E-state index is -0.955. The van der Waals surface area contributed by atoms with Gasteiger partial charge < -0.3 is 20.5 Å². The number of rotatable bonds is 8. The Labute approximate surface area is 206 Å². The molecular weight excluding hydrogens is 444 g/mol. The molecule has 4 rings (SSSR count). The monoisotopic (exact) mass is 478 g/mol. The van der Waals surface area contributed by atoms with E-state index in [0.717, 1.165) is 28.7 Å². The summed E-state index contributed by atoms with van der Waals surface area (Å²) in [7, 11) is 0. The number of aliphatic carboxylic acids is 1. The van der Waals surface area contributed by atoms with Crippen LogP contribution in [-0.2, 0) is 14.3 Å². The van der Waals surface area contributed by atoms with Crippen molar-refractivity contribution in [2.24, 2.45) is 11.3 Å². The van der Waals surface area contributed by atoms with Crippen LogP contribution in [0.5, 0.6) is 0 Å². The van der Waals surface area contributed by atoms with E-state index in [-0.39, 0.29) is 30.8 Å². The highest BCUT2D eigenvalue weighted by molar-refractivity contribution is 5.81. The van der Waals surface area contributed by atoms with Gasteiger partial charge in [-0.3, -0.25) is 9.59 Å². The minimum Gasteiger partial charge on any atom is -0.481 e. The molecule has 0 heterocycles. The Bertz CT molecular complexity index is 1070. The van der Waals surface area contributed by atoms with E-state index in [4.69, 9.17) is 4.74 Å². The van der Waals surface area contributed by atoms with Crippen LogP contribution in [0.3, 0.4) is 0 Å². The molecule has 1 fully saturated rings.